The largest absolute Gasteiger partial charge is 0.381 e. The summed E-state index contributed by atoms with van der Waals surface area (Å²) in [6.07, 6.45) is 9.39. The zero-order valence-electron chi connectivity index (χ0n) is 11.6. The van der Waals surface area contributed by atoms with Gasteiger partial charge in [-0.25, -0.2) is 0 Å². The van der Waals surface area contributed by atoms with Crippen molar-refractivity contribution in [3.63, 3.8) is 0 Å². The van der Waals surface area contributed by atoms with Gasteiger partial charge in [0.05, 0.1) is 0 Å². The molecule has 0 saturated carbocycles. The minimum absolute atomic E-state index is 0.660. The van der Waals surface area contributed by atoms with Crippen molar-refractivity contribution >= 4 is 11.6 Å². The lowest BCUT2D eigenvalue weighted by molar-refractivity contribution is 0.0383. The van der Waals surface area contributed by atoms with Gasteiger partial charge in [0.25, 0.3) is 0 Å². The molecule has 0 N–H and O–H groups in total. The molecule has 2 unspecified atom stereocenters. The van der Waals surface area contributed by atoms with Gasteiger partial charge in [-0.3, -0.25) is 0 Å². The molecule has 1 nitrogen and oxygen atoms in total. The quantitative estimate of drug-likeness (QED) is 0.697. The van der Waals surface area contributed by atoms with Gasteiger partial charge in [0.15, 0.2) is 0 Å². The van der Waals surface area contributed by atoms with Gasteiger partial charge < -0.3 is 4.74 Å². The SMILES string of the molecule is CCC(C=CCc1ccc(Cl)cc1)C1CCCOC1. The number of benzene rings is 1. The fraction of sp³-hybridized carbons (Fsp3) is 0.529. The monoisotopic (exact) mass is 278 g/mol. The van der Waals surface area contributed by atoms with Crippen LogP contribution in [0.5, 0.6) is 0 Å². The van der Waals surface area contributed by atoms with Crippen LogP contribution in [-0.2, 0) is 11.2 Å². The van der Waals surface area contributed by atoms with Gasteiger partial charge in [0, 0.05) is 18.2 Å². The molecule has 1 aromatic rings. The Morgan fingerprint density at radius 3 is 2.79 bits per heavy atom. The van der Waals surface area contributed by atoms with Crippen molar-refractivity contribution in [2.75, 3.05) is 13.2 Å². The van der Waals surface area contributed by atoms with Crippen molar-refractivity contribution in [1.82, 2.24) is 0 Å². The Morgan fingerprint density at radius 2 is 2.16 bits per heavy atom. The van der Waals surface area contributed by atoms with Crippen LogP contribution in [0.2, 0.25) is 5.02 Å². The molecule has 0 amide bonds. The van der Waals surface area contributed by atoms with Crippen molar-refractivity contribution in [3.05, 3.63) is 47.0 Å². The number of rotatable bonds is 5. The molecule has 0 radical (unpaired) electrons. The van der Waals surface area contributed by atoms with Crippen molar-refractivity contribution in [2.45, 2.75) is 32.6 Å². The molecular formula is C17H23ClO. The average Bonchev–Trinajstić information content (AvgIpc) is 2.46. The van der Waals surface area contributed by atoms with Gasteiger partial charge in [-0.1, -0.05) is 42.8 Å². The Morgan fingerprint density at radius 1 is 1.37 bits per heavy atom. The second-order valence-electron chi connectivity index (χ2n) is 5.31. The third-order valence-corrected chi connectivity index (χ3v) is 4.17. The average molecular weight is 279 g/mol. The summed E-state index contributed by atoms with van der Waals surface area (Å²) in [5.41, 5.74) is 1.32. The Balaban J connectivity index is 1.86. The van der Waals surface area contributed by atoms with Gasteiger partial charge in [-0.05, 0) is 55.2 Å². The first-order valence-corrected chi connectivity index (χ1v) is 7.66. The molecule has 0 aromatic heterocycles. The summed E-state index contributed by atoms with van der Waals surface area (Å²) < 4.78 is 5.59. The lowest BCUT2D eigenvalue weighted by atomic mass is 9.85. The van der Waals surface area contributed by atoms with E-state index in [0.29, 0.717) is 11.8 Å². The maximum absolute atomic E-state index is 5.89. The Bertz CT molecular complexity index is 390. The predicted molar refractivity (Wildman–Crippen MR) is 81.6 cm³/mol. The van der Waals surface area contributed by atoms with Crippen LogP contribution in [0.25, 0.3) is 0 Å². The summed E-state index contributed by atoms with van der Waals surface area (Å²) >= 11 is 5.89. The van der Waals surface area contributed by atoms with E-state index in [4.69, 9.17) is 16.3 Å². The molecule has 1 saturated heterocycles. The molecule has 2 heteroatoms. The second-order valence-corrected chi connectivity index (χ2v) is 5.74. The molecular weight excluding hydrogens is 256 g/mol. The molecule has 1 fully saturated rings. The zero-order chi connectivity index (χ0) is 13.5. The van der Waals surface area contributed by atoms with Gasteiger partial charge >= 0.3 is 0 Å². The van der Waals surface area contributed by atoms with Crippen LogP contribution in [0.3, 0.4) is 0 Å². The lowest BCUT2D eigenvalue weighted by Gasteiger charge is -2.27. The predicted octanol–water partition coefficient (Wildman–Crippen LogP) is 4.89. The zero-order valence-corrected chi connectivity index (χ0v) is 12.4. The molecule has 0 spiro atoms. The lowest BCUT2D eigenvalue weighted by Crippen LogP contribution is -2.23. The van der Waals surface area contributed by atoms with Crippen molar-refractivity contribution in [3.8, 4) is 0 Å². The molecule has 0 aliphatic carbocycles. The smallest absolute Gasteiger partial charge is 0.0499 e. The van der Waals surface area contributed by atoms with Gasteiger partial charge in [-0.15, -0.1) is 0 Å². The highest BCUT2D eigenvalue weighted by molar-refractivity contribution is 6.30. The van der Waals surface area contributed by atoms with Crippen LogP contribution in [0.1, 0.15) is 31.7 Å². The fourth-order valence-corrected chi connectivity index (χ4v) is 2.86. The Kier molecular flexibility index (Phi) is 5.93. The van der Waals surface area contributed by atoms with E-state index in [1.54, 1.807) is 0 Å². The summed E-state index contributed by atoms with van der Waals surface area (Å²) in [5.74, 6) is 1.37. The summed E-state index contributed by atoms with van der Waals surface area (Å²) in [6.45, 7) is 4.15. The molecule has 0 bridgehead atoms. The van der Waals surface area contributed by atoms with E-state index in [1.165, 1.54) is 24.8 Å². The van der Waals surface area contributed by atoms with E-state index in [2.05, 4.69) is 31.2 Å². The van der Waals surface area contributed by atoms with Crippen LogP contribution in [-0.4, -0.2) is 13.2 Å². The highest BCUT2D eigenvalue weighted by Gasteiger charge is 2.20. The van der Waals surface area contributed by atoms with Crippen molar-refractivity contribution in [1.29, 1.82) is 0 Å². The molecule has 1 aliphatic heterocycles. The summed E-state index contributed by atoms with van der Waals surface area (Å²) in [7, 11) is 0. The number of ether oxygens (including phenoxy) is 1. The maximum atomic E-state index is 5.89. The van der Waals surface area contributed by atoms with Gasteiger partial charge in [-0.2, -0.15) is 0 Å². The van der Waals surface area contributed by atoms with E-state index in [1.807, 2.05) is 12.1 Å². The summed E-state index contributed by atoms with van der Waals surface area (Å²) in [5, 5.41) is 0.804. The third-order valence-electron chi connectivity index (χ3n) is 3.92. The number of allylic oxidation sites excluding steroid dienone is 2. The maximum Gasteiger partial charge on any atom is 0.0499 e. The minimum atomic E-state index is 0.660. The van der Waals surface area contributed by atoms with Crippen molar-refractivity contribution in [2.24, 2.45) is 11.8 Å². The molecule has 2 rings (SSSR count). The summed E-state index contributed by atoms with van der Waals surface area (Å²) in [6, 6.07) is 8.10. The third kappa shape index (κ3) is 4.67. The number of halogens is 1. The standard InChI is InChI=1S/C17H23ClO/c1-2-15(16-7-4-12-19-13-16)6-3-5-14-8-10-17(18)11-9-14/h3,6,8-11,15-16H,2,4-5,7,12-13H2,1H3. The van der Waals surface area contributed by atoms with Crippen LogP contribution >= 0.6 is 11.6 Å². The molecule has 1 aromatic carbocycles. The normalized spacial score (nSPS) is 21.7. The molecule has 2 atom stereocenters. The van der Waals surface area contributed by atoms with E-state index < -0.39 is 0 Å². The second kappa shape index (κ2) is 7.72. The van der Waals surface area contributed by atoms with E-state index in [9.17, 15) is 0 Å². The van der Waals surface area contributed by atoms with Crippen molar-refractivity contribution < 1.29 is 4.74 Å². The molecule has 1 aliphatic rings. The van der Waals surface area contributed by atoms with Crippen LogP contribution in [0.4, 0.5) is 0 Å². The van der Waals surface area contributed by atoms with Gasteiger partial charge in [0.1, 0.15) is 0 Å². The first-order valence-electron chi connectivity index (χ1n) is 7.28. The van der Waals surface area contributed by atoms with Gasteiger partial charge in [0.2, 0.25) is 0 Å². The van der Waals surface area contributed by atoms with E-state index in [-0.39, 0.29) is 0 Å². The molecule has 19 heavy (non-hydrogen) atoms. The number of hydrogen-bond donors (Lipinski definition) is 0. The summed E-state index contributed by atoms with van der Waals surface area (Å²) in [4.78, 5) is 0. The highest BCUT2D eigenvalue weighted by Crippen LogP contribution is 2.26. The van der Waals surface area contributed by atoms with Crippen LogP contribution in [0, 0.1) is 11.8 Å². The fourth-order valence-electron chi connectivity index (χ4n) is 2.73. The Labute approximate surface area is 121 Å². The van der Waals surface area contributed by atoms with E-state index >= 15 is 0 Å². The first-order chi connectivity index (χ1) is 9.29. The number of hydrogen-bond acceptors (Lipinski definition) is 1. The van der Waals surface area contributed by atoms with Crippen LogP contribution < -0.4 is 0 Å². The van der Waals surface area contributed by atoms with Crippen LogP contribution in [0.15, 0.2) is 36.4 Å². The first kappa shape index (κ1) is 14.6. The Hall–Kier alpha value is -0.790. The minimum Gasteiger partial charge on any atom is -0.381 e. The topological polar surface area (TPSA) is 9.23 Å². The van der Waals surface area contributed by atoms with E-state index in [0.717, 1.165) is 24.7 Å². The molecule has 104 valence electrons. The highest BCUT2D eigenvalue weighted by atomic mass is 35.5. The molecule has 1 heterocycles.